The zero-order valence-corrected chi connectivity index (χ0v) is 16.1. The predicted molar refractivity (Wildman–Crippen MR) is 113 cm³/mol. The Morgan fingerprint density at radius 2 is 1.93 bits per heavy atom. The van der Waals surface area contributed by atoms with Gasteiger partial charge in [0.05, 0.1) is 41.4 Å². The van der Waals surface area contributed by atoms with Crippen LogP contribution in [0.15, 0.2) is 42.5 Å². The third kappa shape index (κ3) is 3.29. The number of carbonyl (C=O) groups is 1. The van der Waals surface area contributed by atoms with Crippen LogP contribution >= 0.6 is 0 Å². The third-order valence-electron chi connectivity index (χ3n) is 5.77. The van der Waals surface area contributed by atoms with Crippen molar-refractivity contribution in [2.24, 2.45) is 0 Å². The summed E-state index contributed by atoms with van der Waals surface area (Å²) >= 11 is 0. The van der Waals surface area contributed by atoms with Crippen molar-refractivity contribution in [2.45, 2.75) is 19.3 Å². The van der Waals surface area contributed by atoms with Crippen LogP contribution in [0.25, 0.3) is 10.9 Å². The molecule has 3 aromatic rings. The van der Waals surface area contributed by atoms with Gasteiger partial charge in [-0.1, -0.05) is 12.1 Å². The highest BCUT2D eigenvalue weighted by atomic mass is 16.5. The first-order valence-electron chi connectivity index (χ1n) is 10.1. The van der Waals surface area contributed by atoms with Crippen molar-refractivity contribution in [2.75, 3.05) is 36.5 Å². The lowest BCUT2D eigenvalue weighted by molar-refractivity contribution is 0.0697. The summed E-state index contributed by atoms with van der Waals surface area (Å²) in [6.45, 7) is 3.17. The molecule has 2 aliphatic rings. The van der Waals surface area contributed by atoms with E-state index in [1.165, 1.54) is 5.56 Å². The van der Waals surface area contributed by atoms with Crippen LogP contribution in [0.2, 0.25) is 0 Å². The Morgan fingerprint density at radius 3 is 2.76 bits per heavy atom. The molecular formula is C23H23N3O3. The Kier molecular flexibility index (Phi) is 4.56. The lowest BCUT2D eigenvalue weighted by Crippen LogP contribution is -2.36. The molecule has 0 spiro atoms. The average molecular weight is 389 g/mol. The summed E-state index contributed by atoms with van der Waals surface area (Å²) in [6.07, 6.45) is 2.99. The van der Waals surface area contributed by atoms with Crippen LogP contribution in [0, 0.1) is 0 Å². The highest BCUT2D eigenvalue weighted by Gasteiger charge is 2.22. The molecule has 1 aliphatic heterocycles. The van der Waals surface area contributed by atoms with Crippen LogP contribution in [0.4, 0.5) is 17.1 Å². The van der Waals surface area contributed by atoms with E-state index in [2.05, 4.69) is 22.3 Å². The van der Waals surface area contributed by atoms with E-state index >= 15 is 0 Å². The van der Waals surface area contributed by atoms with Gasteiger partial charge >= 0.3 is 5.97 Å². The molecule has 1 aliphatic carbocycles. The summed E-state index contributed by atoms with van der Waals surface area (Å²) in [6, 6.07) is 13.5. The number of aromatic carboxylic acids is 1. The van der Waals surface area contributed by atoms with Crippen LogP contribution in [0.1, 0.15) is 28.0 Å². The highest BCUT2D eigenvalue weighted by Crippen LogP contribution is 2.38. The number of carboxylic acids is 1. The van der Waals surface area contributed by atoms with Crippen LogP contribution < -0.4 is 10.2 Å². The van der Waals surface area contributed by atoms with E-state index < -0.39 is 5.97 Å². The van der Waals surface area contributed by atoms with E-state index in [1.54, 1.807) is 12.1 Å². The van der Waals surface area contributed by atoms with Gasteiger partial charge in [0.15, 0.2) is 0 Å². The molecule has 0 atom stereocenters. The van der Waals surface area contributed by atoms with Crippen molar-refractivity contribution in [3.63, 3.8) is 0 Å². The van der Waals surface area contributed by atoms with Crippen molar-refractivity contribution >= 4 is 33.9 Å². The minimum absolute atomic E-state index is 0.279. The van der Waals surface area contributed by atoms with Crippen molar-refractivity contribution in [3.05, 3.63) is 59.3 Å². The fourth-order valence-corrected chi connectivity index (χ4v) is 4.33. The van der Waals surface area contributed by atoms with Crippen LogP contribution in [-0.4, -0.2) is 42.4 Å². The van der Waals surface area contributed by atoms with Crippen molar-refractivity contribution in [1.82, 2.24) is 4.98 Å². The molecule has 0 amide bonds. The number of carboxylic acid groups (broad SMARTS) is 1. The Hall–Kier alpha value is -3.12. The van der Waals surface area contributed by atoms with Crippen molar-refractivity contribution in [1.29, 1.82) is 0 Å². The number of fused-ring (bicyclic) bond motifs is 2. The molecule has 6 heteroatoms. The maximum absolute atomic E-state index is 11.5. The first-order chi connectivity index (χ1) is 14.2. The van der Waals surface area contributed by atoms with E-state index in [-0.39, 0.29) is 5.56 Å². The number of hydrogen-bond donors (Lipinski definition) is 2. The van der Waals surface area contributed by atoms with Crippen LogP contribution in [-0.2, 0) is 17.6 Å². The number of morpholine rings is 1. The second-order valence-corrected chi connectivity index (χ2v) is 7.54. The van der Waals surface area contributed by atoms with E-state index in [1.807, 2.05) is 18.2 Å². The molecule has 2 heterocycles. The molecule has 0 bridgehead atoms. The molecular weight excluding hydrogens is 366 g/mol. The summed E-state index contributed by atoms with van der Waals surface area (Å²) in [4.78, 5) is 18.7. The highest BCUT2D eigenvalue weighted by molar-refractivity contribution is 6.01. The largest absolute Gasteiger partial charge is 0.478 e. The number of ether oxygens (including phenoxy) is 1. The van der Waals surface area contributed by atoms with E-state index in [0.29, 0.717) is 0 Å². The fraction of sp³-hybridized carbons (Fsp3) is 0.304. The molecule has 6 nitrogen and oxygen atoms in total. The predicted octanol–water partition coefficient (Wildman–Crippen LogP) is 4.00. The van der Waals surface area contributed by atoms with Crippen molar-refractivity contribution in [3.8, 4) is 0 Å². The Balaban J connectivity index is 1.64. The van der Waals surface area contributed by atoms with Gasteiger partial charge in [-0.25, -0.2) is 4.79 Å². The van der Waals surface area contributed by atoms with Gasteiger partial charge in [-0.15, -0.1) is 0 Å². The summed E-state index contributed by atoms with van der Waals surface area (Å²) in [5.74, 6) is -0.924. The number of pyridine rings is 1. The van der Waals surface area contributed by atoms with Crippen LogP contribution in [0.5, 0.6) is 0 Å². The molecule has 2 aromatic carbocycles. The van der Waals surface area contributed by atoms with E-state index in [9.17, 15) is 9.90 Å². The number of nitrogens with zero attached hydrogens (tertiary/aromatic N) is 2. The van der Waals surface area contributed by atoms with Gasteiger partial charge in [-0.05, 0) is 55.2 Å². The lowest BCUT2D eigenvalue weighted by atomic mass is 10.0. The third-order valence-corrected chi connectivity index (χ3v) is 5.77. The quantitative estimate of drug-likeness (QED) is 0.703. The summed E-state index contributed by atoms with van der Waals surface area (Å²) < 4.78 is 5.51. The SMILES string of the molecule is O=C(O)c1ccc2nc3c(c(Nc4ccccc4N4CCOCC4)c2c1)CCC3. The number of aryl methyl sites for hydroxylation is 1. The maximum atomic E-state index is 11.5. The second kappa shape index (κ2) is 7.37. The van der Waals surface area contributed by atoms with Gasteiger partial charge in [0, 0.05) is 24.2 Å². The number of para-hydroxylation sites is 2. The fourth-order valence-electron chi connectivity index (χ4n) is 4.33. The summed E-state index contributed by atoms with van der Waals surface area (Å²) in [5.41, 5.74) is 6.59. The molecule has 1 fully saturated rings. The van der Waals surface area contributed by atoms with Gasteiger partial charge in [0.1, 0.15) is 0 Å². The molecule has 1 aromatic heterocycles. The Labute approximate surface area is 169 Å². The molecule has 0 radical (unpaired) electrons. The molecule has 29 heavy (non-hydrogen) atoms. The summed E-state index contributed by atoms with van der Waals surface area (Å²) in [7, 11) is 0. The molecule has 0 unspecified atom stereocenters. The number of nitrogens with one attached hydrogen (secondary N) is 1. The zero-order chi connectivity index (χ0) is 19.8. The van der Waals surface area contributed by atoms with Crippen LogP contribution in [0.3, 0.4) is 0 Å². The molecule has 2 N–H and O–H groups in total. The average Bonchev–Trinajstić information content (AvgIpc) is 3.22. The maximum Gasteiger partial charge on any atom is 0.335 e. The first kappa shape index (κ1) is 17.9. The van der Waals surface area contributed by atoms with Crippen molar-refractivity contribution < 1.29 is 14.6 Å². The Morgan fingerprint density at radius 1 is 1.10 bits per heavy atom. The Bertz CT molecular complexity index is 1090. The topological polar surface area (TPSA) is 74.7 Å². The normalized spacial score (nSPS) is 16.1. The molecule has 5 rings (SSSR count). The van der Waals surface area contributed by atoms with Gasteiger partial charge in [0.2, 0.25) is 0 Å². The standard InChI is InChI=1S/C23H23N3O3/c27-23(28)15-8-9-19-17(14-15)22(16-4-3-6-18(16)24-19)25-20-5-1-2-7-21(20)26-10-12-29-13-11-26/h1-2,5,7-9,14H,3-4,6,10-13H2,(H,24,25)(H,27,28). The molecule has 1 saturated heterocycles. The minimum atomic E-state index is -0.924. The number of anilines is 3. The number of aromatic nitrogens is 1. The minimum Gasteiger partial charge on any atom is -0.478 e. The van der Waals surface area contributed by atoms with Gasteiger partial charge in [0.25, 0.3) is 0 Å². The smallest absolute Gasteiger partial charge is 0.335 e. The van der Waals surface area contributed by atoms with Gasteiger partial charge in [-0.2, -0.15) is 0 Å². The second-order valence-electron chi connectivity index (χ2n) is 7.54. The number of benzene rings is 2. The van der Waals surface area contributed by atoms with Gasteiger partial charge < -0.3 is 20.1 Å². The number of rotatable bonds is 4. The van der Waals surface area contributed by atoms with Gasteiger partial charge in [-0.3, -0.25) is 4.98 Å². The zero-order valence-electron chi connectivity index (χ0n) is 16.1. The number of hydrogen-bond acceptors (Lipinski definition) is 5. The molecule has 0 saturated carbocycles. The lowest BCUT2D eigenvalue weighted by Gasteiger charge is -2.31. The molecule has 148 valence electrons. The van der Waals surface area contributed by atoms with E-state index in [4.69, 9.17) is 9.72 Å². The van der Waals surface area contributed by atoms with E-state index in [0.717, 1.165) is 79.2 Å². The first-order valence-corrected chi connectivity index (χ1v) is 10.1. The summed E-state index contributed by atoms with van der Waals surface area (Å²) in [5, 5.41) is 14.0. The monoisotopic (exact) mass is 389 g/mol.